The summed E-state index contributed by atoms with van der Waals surface area (Å²) in [4.78, 5) is 10.5. The highest BCUT2D eigenvalue weighted by molar-refractivity contribution is 6.18. The fraction of sp³-hybridized carbons (Fsp3) is 0.389. The highest BCUT2D eigenvalue weighted by Crippen LogP contribution is 2.22. The van der Waals surface area contributed by atoms with Gasteiger partial charge in [0.2, 0.25) is 0 Å². The van der Waals surface area contributed by atoms with Crippen LogP contribution in [0, 0.1) is 0 Å². The van der Waals surface area contributed by atoms with Crippen LogP contribution in [0.5, 0.6) is 0 Å². The van der Waals surface area contributed by atoms with Crippen molar-refractivity contribution in [3.63, 3.8) is 0 Å². The van der Waals surface area contributed by atoms with Gasteiger partial charge in [0.05, 0.1) is 0 Å². The minimum atomic E-state index is 0.00231. The lowest BCUT2D eigenvalue weighted by Gasteiger charge is -2.16. The summed E-state index contributed by atoms with van der Waals surface area (Å²) in [6, 6.07) is 8.68. The molecule has 1 aromatic rings. The topological polar surface area (TPSA) is 55.1 Å². The van der Waals surface area contributed by atoms with Gasteiger partial charge in [-0.3, -0.25) is 4.79 Å². The molecule has 1 aliphatic carbocycles. The van der Waals surface area contributed by atoms with Crippen LogP contribution in [0.2, 0.25) is 0 Å². The van der Waals surface area contributed by atoms with Gasteiger partial charge in [0.25, 0.3) is 0 Å². The number of benzene rings is 1. The molecule has 2 rings (SSSR count). The van der Waals surface area contributed by atoms with Crippen LogP contribution in [0.25, 0.3) is 0 Å². The number of hydrogen-bond acceptors (Lipinski definition) is 3. The molecule has 3 nitrogen and oxygen atoms in total. The maximum atomic E-state index is 10.5. The Morgan fingerprint density at radius 2 is 1.81 bits per heavy atom. The molecule has 0 saturated heterocycles. The van der Waals surface area contributed by atoms with Gasteiger partial charge in [0.15, 0.2) is 5.78 Å². The number of carbonyl (C=O) groups excluding carboxylic acids is 1. The van der Waals surface area contributed by atoms with E-state index in [9.17, 15) is 4.79 Å². The van der Waals surface area contributed by atoms with Crippen molar-refractivity contribution in [2.24, 2.45) is 5.73 Å². The molecule has 3 heteroatoms. The van der Waals surface area contributed by atoms with Crippen molar-refractivity contribution in [3.8, 4) is 0 Å². The Morgan fingerprint density at radius 1 is 1.24 bits per heavy atom. The predicted octanol–water partition coefficient (Wildman–Crippen LogP) is 3.35. The number of carbonyl (C=O) groups is 1. The largest absolute Gasteiger partial charge is 0.398 e. The van der Waals surface area contributed by atoms with Crippen LogP contribution in [0.15, 0.2) is 47.7 Å². The van der Waals surface area contributed by atoms with Crippen LogP contribution in [-0.2, 0) is 17.8 Å². The van der Waals surface area contributed by atoms with Gasteiger partial charge in [-0.2, -0.15) is 0 Å². The molecule has 0 heterocycles. The number of allylic oxidation sites excluding steroid dienone is 2. The molecule has 21 heavy (non-hydrogen) atoms. The average Bonchev–Trinajstić information content (AvgIpc) is 2.56. The Labute approximate surface area is 128 Å². The molecule has 0 unspecified atom stereocenters. The molecule has 0 amide bonds. The molecule has 116 valence electrons. The zero-order valence-electron chi connectivity index (χ0n) is 13.9. The van der Waals surface area contributed by atoms with E-state index < -0.39 is 0 Å². The van der Waals surface area contributed by atoms with Gasteiger partial charge in [0, 0.05) is 23.4 Å². The molecule has 0 radical (unpaired) electrons. The standard InChI is InChI=1S/C10H15N.C6H7NO.C2H6/c1-3-9-5-4-6-10(7-9)8-11-2;1-3-5(7)4(2)6(3)8;1-2/h4-7,11H,3,8H2,1-2H3;1,7H2,2H3;1-2H3. The minimum Gasteiger partial charge on any atom is -0.398 e. The lowest BCUT2D eigenvalue weighted by Crippen LogP contribution is -2.24. The van der Waals surface area contributed by atoms with E-state index in [-0.39, 0.29) is 5.78 Å². The van der Waals surface area contributed by atoms with E-state index in [1.54, 1.807) is 6.92 Å². The highest BCUT2D eigenvalue weighted by atomic mass is 16.1. The summed E-state index contributed by atoms with van der Waals surface area (Å²) in [6.07, 6.45) is 1.12. The summed E-state index contributed by atoms with van der Waals surface area (Å²) in [6.45, 7) is 12.3. The summed E-state index contributed by atoms with van der Waals surface area (Å²) in [5.74, 6) is 0.00231. The summed E-state index contributed by atoms with van der Waals surface area (Å²) in [5.41, 5.74) is 9.77. The van der Waals surface area contributed by atoms with E-state index in [1.165, 1.54) is 11.1 Å². The first-order chi connectivity index (χ1) is 10.0. The normalized spacial score (nSPS) is 12.8. The van der Waals surface area contributed by atoms with Crippen molar-refractivity contribution in [1.29, 1.82) is 0 Å². The van der Waals surface area contributed by atoms with Gasteiger partial charge < -0.3 is 11.1 Å². The number of nitrogens with two attached hydrogens (primary N) is 1. The predicted molar refractivity (Wildman–Crippen MR) is 91.0 cm³/mol. The van der Waals surface area contributed by atoms with E-state index in [2.05, 4.69) is 43.1 Å². The Hall–Kier alpha value is -1.87. The van der Waals surface area contributed by atoms with Gasteiger partial charge in [0.1, 0.15) is 0 Å². The van der Waals surface area contributed by atoms with Crippen molar-refractivity contribution < 1.29 is 4.79 Å². The van der Waals surface area contributed by atoms with Crippen molar-refractivity contribution in [2.45, 2.75) is 40.7 Å². The van der Waals surface area contributed by atoms with E-state index in [0.29, 0.717) is 16.8 Å². The molecule has 0 atom stereocenters. The minimum absolute atomic E-state index is 0.00231. The Morgan fingerprint density at radius 3 is 2.19 bits per heavy atom. The van der Waals surface area contributed by atoms with Gasteiger partial charge in [-0.15, -0.1) is 0 Å². The van der Waals surface area contributed by atoms with Crippen molar-refractivity contribution in [2.75, 3.05) is 7.05 Å². The molecule has 0 aliphatic heterocycles. The van der Waals surface area contributed by atoms with Crippen LogP contribution in [0.3, 0.4) is 0 Å². The van der Waals surface area contributed by atoms with Crippen LogP contribution in [-0.4, -0.2) is 12.8 Å². The zero-order valence-corrected chi connectivity index (χ0v) is 13.9. The lowest BCUT2D eigenvalue weighted by molar-refractivity contribution is -0.113. The van der Waals surface area contributed by atoms with E-state index in [1.807, 2.05) is 20.9 Å². The first-order valence-electron chi connectivity index (χ1n) is 7.44. The number of ketones is 1. The summed E-state index contributed by atoms with van der Waals surface area (Å²) in [5, 5.41) is 3.14. The second-order valence-electron chi connectivity index (χ2n) is 4.55. The molecule has 0 saturated carbocycles. The number of Topliss-reactive ketones (excluding diaryl/α,β-unsaturated/α-hetero) is 1. The highest BCUT2D eigenvalue weighted by Gasteiger charge is 2.24. The monoisotopic (exact) mass is 288 g/mol. The summed E-state index contributed by atoms with van der Waals surface area (Å²) in [7, 11) is 1.97. The van der Waals surface area contributed by atoms with Gasteiger partial charge in [-0.25, -0.2) is 0 Å². The Balaban J connectivity index is 0.000000354. The molecule has 0 spiro atoms. The lowest BCUT2D eigenvalue weighted by atomic mass is 9.90. The fourth-order valence-corrected chi connectivity index (χ4v) is 1.80. The van der Waals surface area contributed by atoms with Crippen LogP contribution in [0.4, 0.5) is 0 Å². The zero-order chi connectivity index (χ0) is 16.4. The maximum Gasteiger partial charge on any atom is 0.192 e. The Kier molecular flexibility index (Phi) is 9.06. The molecule has 1 aromatic carbocycles. The molecular formula is C18H28N2O. The van der Waals surface area contributed by atoms with Crippen molar-refractivity contribution in [1.82, 2.24) is 5.32 Å². The second-order valence-corrected chi connectivity index (χ2v) is 4.55. The van der Waals surface area contributed by atoms with Crippen molar-refractivity contribution >= 4 is 5.78 Å². The van der Waals surface area contributed by atoms with Crippen LogP contribution < -0.4 is 11.1 Å². The van der Waals surface area contributed by atoms with Gasteiger partial charge in [-0.05, 0) is 31.5 Å². The van der Waals surface area contributed by atoms with Gasteiger partial charge in [-0.1, -0.05) is 51.6 Å². The molecule has 0 fully saturated rings. The quantitative estimate of drug-likeness (QED) is 0.839. The number of aryl methyl sites for hydroxylation is 1. The number of rotatable bonds is 3. The van der Waals surface area contributed by atoms with Crippen LogP contribution >= 0.6 is 0 Å². The Bertz CT molecular complexity index is 494. The molecule has 0 bridgehead atoms. The molecule has 0 aromatic heterocycles. The molecule has 1 aliphatic rings. The summed E-state index contributed by atoms with van der Waals surface area (Å²) >= 11 is 0. The van der Waals surface area contributed by atoms with Crippen molar-refractivity contribution in [3.05, 3.63) is 58.8 Å². The SMILES string of the molecule is C=C1C(=O)C(C)=C1N.CC.CCc1cccc(CNC)c1. The first kappa shape index (κ1) is 19.1. The first-order valence-corrected chi connectivity index (χ1v) is 7.44. The number of nitrogens with one attached hydrogen (secondary N) is 1. The van der Waals surface area contributed by atoms with Crippen LogP contribution in [0.1, 0.15) is 38.8 Å². The smallest absolute Gasteiger partial charge is 0.192 e. The molecular weight excluding hydrogens is 260 g/mol. The number of hydrogen-bond donors (Lipinski definition) is 2. The fourth-order valence-electron chi connectivity index (χ4n) is 1.80. The van der Waals surface area contributed by atoms with E-state index in [0.717, 1.165) is 13.0 Å². The molecule has 3 N–H and O–H groups in total. The van der Waals surface area contributed by atoms with E-state index in [4.69, 9.17) is 5.73 Å². The van der Waals surface area contributed by atoms with Gasteiger partial charge >= 0.3 is 0 Å². The van der Waals surface area contributed by atoms with E-state index >= 15 is 0 Å². The third kappa shape index (κ3) is 5.56. The third-order valence-electron chi connectivity index (χ3n) is 3.12. The second kappa shape index (κ2) is 9.94. The third-order valence-corrected chi connectivity index (χ3v) is 3.12. The maximum absolute atomic E-state index is 10.5. The summed E-state index contributed by atoms with van der Waals surface area (Å²) < 4.78 is 0. The average molecular weight is 288 g/mol.